The van der Waals surface area contributed by atoms with E-state index in [1.54, 1.807) is 0 Å². The van der Waals surface area contributed by atoms with Crippen LogP contribution in [0.4, 0.5) is 0 Å². The van der Waals surface area contributed by atoms with Gasteiger partial charge in [-0.25, -0.2) is 0 Å². The third-order valence-corrected chi connectivity index (χ3v) is 5.59. The van der Waals surface area contributed by atoms with Crippen LogP contribution in [0, 0.1) is 29.5 Å². The lowest BCUT2D eigenvalue weighted by Crippen LogP contribution is -2.42. The fraction of sp³-hybridized carbons (Fsp3) is 0.750. The lowest BCUT2D eigenvalue weighted by molar-refractivity contribution is -0.162. The highest BCUT2D eigenvalue weighted by molar-refractivity contribution is 5.72. The van der Waals surface area contributed by atoms with Crippen molar-refractivity contribution in [3.8, 4) is 0 Å². The molecule has 1 N–H and O–H groups in total. The van der Waals surface area contributed by atoms with Crippen molar-refractivity contribution in [1.29, 1.82) is 0 Å². The Morgan fingerprint density at radius 2 is 2.34 bits per heavy atom. The SMILES string of the molecule is [2H]C1=C([2H])[C@]([2H])(C)[C@H](CCC2C[C@@H](O)CC(=O)O2)[C@@H]2C1=C([2H])[C@]([2H])(C)C([2H])([2H])C2OC(=O)[C@]([2H])(CC)C([2H])([2H])[2H]. The molecule has 2 aliphatic carbocycles. The normalized spacial score (nSPS) is 52.8. The van der Waals surface area contributed by atoms with Crippen LogP contribution in [0.25, 0.3) is 0 Å². The maximum Gasteiger partial charge on any atom is 0.308 e. The predicted octanol–water partition coefficient (Wildman–Crippen LogP) is 4.20. The lowest BCUT2D eigenvalue weighted by atomic mass is 9.65. The summed E-state index contributed by atoms with van der Waals surface area (Å²) in [6.45, 7) is 0.530. The number of hydrogen-bond acceptors (Lipinski definition) is 5. The molecule has 0 aromatic carbocycles. The molecule has 5 heteroatoms. The van der Waals surface area contributed by atoms with Gasteiger partial charge < -0.3 is 14.6 Å². The van der Waals surface area contributed by atoms with Crippen molar-refractivity contribution in [2.45, 2.75) is 84.4 Å². The molecular weight excluding hydrogens is 368 g/mol. The summed E-state index contributed by atoms with van der Waals surface area (Å²) in [7, 11) is 0. The van der Waals surface area contributed by atoms with Gasteiger partial charge in [0.05, 0.1) is 22.5 Å². The molecule has 0 spiro atoms. The van der Waals surface area contributed by atoms with Crippen LogP contribution >= 0.6 is 0 Å². The minimum atomic E-state index is -3.14. The number of aliphatic hydroxyl groups excluding tert-OH is 1. The molecule has 1 aliphatic heterocycles. The average Bonchev–Trinajstić information content (AvgIpc) is 2.82. The molecule has 162 valence electrons. The van der Waals surface area contributed by atoms with Crippen LogP contribution in [0.1, 0.15) is 81.2 Å². The van der Waals surface area contributed by atoms with Gasteiger partial charge in [-0.05, 0) is 48.9 Å². The summed E-state index contributed by atoms with van der Waals surface area (Å²) in [6, 6.07) is -1.71. The number of ether oxygens (including phenoxy) is 2. The minimum absolute atomic E-state index is 0.0420. The highest BCUT2D eigenvalue weighted by atomic mass is 16.5. The second-order valence-corrected chi connectivity index (χ2v) is 7.81. The number of carbonyl (C=O) groups excluding carboxylic acids is 2. The molecule has 5 nitrogen and oxygen atoms in total. The third kappa shape index (κ3) is 5.30. The van der Waals surface area contributed by atoms with Crippen LogP contribution in [0.5, 0.6) is 0 Å². The Balaban J connectivity index is 2.17. The molecule has 1 fully saturated rings. The van der Waals surface area contributed by atoms with Gasteiger partial charge in [-0.2, -0.15) is 0 Å². The Kier molecular flexibility index (Phi) is 3.81. The van der Waals surface area contributed by atoms with E-state index < -0.39 is 97.6 Å². The van der Waals surface area contributed by atoms with Crippen LogP contribution < -0.4 is 0 Å². The maximum absolute atomic E-state index is 13.3. The molecule has 0 aromatic heterocycles. The zero-order valence-corrected chi connectivity index (χ0v) is 17.0. The van der Waals surface area contributed by atoms with E-state index in [9.17, 15) is 14.7 Å². The first kappa shape index (κ1) is 11.7. The molecule has 3 aliphatic rings. The lowest BCUT2D eigenvalue weighted by Gasteiger charge is -2.43. The first-order valence-electron chi connectivity index (χ1n) is 15.5. The van der Waals surface area contributed by atoms with Gasteiger partial charge in [-0.15, -0.1) is 0 Å². The zero-order chi connectivity index (χ0) is 30.8. The number of hydrogen-bond donors (Lipinski definition) is 1. The average molecular weight is 416 g/mol. The van der Waals surface area contributed by atoms with Gasteiger partial charge in [-0.1, -0.05) is 45.8 Å². The molecule has 1 heterocycles. The third-order valence-electron chi connectivity index (χ3n) is 5.59. The molecule has 0 bridgehead atoms. The van der Waals surface area contributed by atoms with Crippen LogP contribution in [-0.4, -0.2) is 35.4 Å². The molecule has 0 aromatic rings. The first-order valence-corrected chi connectivity index (χ1v) is 10.0. The van der Waals surface area contributed by atoms with Gasteiger partial charge in [0, 0.05) is 23.3 Å². The van der Waals surface area contributed by atoms with E-state index >= 15 is 0 Å². The molecule has 2 unspecified atom stereocenters. The highest BCUT2D eigenvalue weighted by Crippen LogP contribution is 2.45. The summed E-state index contributed by atoms with van der Waals surface area (Å²) in [5.41, 5.74) is -0.258. The van der Waals surface area contributed by atoms with Gasteiger partial charge in [0.2, 0.25) is 0 Å². The summed E-state index contributed by atoms with van der Waals surface area (Å²) in [4.78, 5) is 25.1. The molecule has 1 saturated heterocycles. The Morgan fingerprint density at radius 1 is 1.55 bits per heavy atom. The van der Waals surface area contributed by atoms with Crippen molar-refractivity contribution in [3.05, 3.63) is 23.7 Å². The van der Waals surface area contributed by atoms with E-state index in [1.165, 1.54) is 13.8 Å². The van der Waals surface area contributed by atoms with Gasteiger partial charge in [-0.3, -0.25) is 9.59 Å². The predicted molar refractivity (Wildman–Crippen MR) is 111 cm³/mol. The van der Waals surface area contributed by atoms with Crippen LogP contribution in [0.2, 0.25) is 0 Å². The molecule has 29 heavy (non-hydrogen) atoms. The summed E-state index contributed by atoms with van der Waals surface area (Å²) in [6.07, 6.45) is -7.06. The Bertz CT molecular complexity index is 1110. The van der Waals surface area contributed by atoms with Crippen molar-refractivity contribution in [3.63, 3.8) is 0 Å². The summed E-state index contributed by atoms with van der Waals surface area (Å²) < 4.78 is 104. The second-order valence-electron chi connectivity index (χ2n) is 7.81. The zero-order valence-electron chi connectivity index (χ0n) is 28.0. The smallest absolute Gasteiger partial charge is 0.308 e. The Hall–Kier alpha value is -1.62. The molecular formula is C24H36O5. The second kappa shape index (κ2) is 9.46. The van der Waals surface area contributed by atoms with E-state index in [2.05, 4.69) is 0 Å². The largest absolute Gasteiger partial charge is 0.462 e. The quantitative estimate of drug-likeness (QED) is 0.658. The van der Waals surface area contributed by atoms with E-state index in [4.69, 9.17) is 24.6 Å². The number of cyclic esters (lactones) is 1. The minimum Gasteiger partial charge on any atom is -0.462 e. The summed E-state index contributed by atoms with van der Waals surface area (Å²) in [5, 5.41) is 10.00. The highest BCUT2D eigenvalue weighted by Gasteiger charge is 2.42. The van der Waals surface area contributed by atoms with Gasteiger partial charge >= 0.3 is 11.9 Å². The van der Waals surface area contributed by atoms with Crippen LogP contribution in [-0.2, 0) is 19.1 Å². The van der Waals surface area contributed by atoms with E-state index in [0.29, 0.717) is 0 Å². The fourth-order valence-electron chi connectivity index (χ4n) is 4.06. The number of carbonyl (C=O) groups is 2. The van der Waals surface area contributed by atoms with Gasteiger partial charge in [0.1, 0.15) is 12.2 Å². The summed E-state index contributed by atoms with van der Waals surface area (Å²) >= 11 is 0. The number of fused-ring (bicyclic) bond motifs is 1. The Labute approximate surface area is 190 Å². The van der Waals surface area contributed by atoms with Crippen molar-refractivity contribution < 1.29 is 39.2 Å². The van der Waals surface area contributed by atoms with E-state index in [0.717, 1.165) is 6.92 Å². The summed E-state index contributed by atoms with van der Waals surface area (Å²) in [5.74, 6) is -11.8. The van der Waals surface area contributed by atoms with Crippen LogP contribution in [0.3, 0.4) is 0 Å². The molecule has 0 saturated carbocycles. The maximum atomic E-state index is 13.3. The van der Waals surface area contributed by atoms with Crippen molar-refractivity contribution >= 4 is 11.9 Å². The molecule has 8 atom stereocenters. The van der Waals surface area contributed by atoms with E-state index in [-0.39, 0.29) is 31.3 Å². The van der Waals surface area contributed by atoms with Crippen LogP contribution in [0.15, 0.2) is 23.7 Å². The topological polar surface area (TPSA) is 72.8 Å². The van der Waals surface area contributed by atoms with Crippen molar-refractivity contribution in [2.24, 2.45) is 29.5 Å². The van der Waals surface area contributed by atoms with Crippen molar-refractivity contribution in [1.82, 2.24) is 0 Å². The van der Waals surface area contributed by atoms with Crippen molar-refractivity contribution in [2.75, 3.05) is 0 Å². The number of aliphatic hydroxyl groups is 1. The fourth-order valence-corrected chi connectivity index (χ4v) is 4.06. The number of rotatable bonds is 6. The number of esters is 2. The monoisotopic (exact) mass is 415 g/mol. The molecule has 0 amide bonds. The van der Waals surface area contributed by atoms with Gasteiger partial charge in [0.15, 0.2) is 0 Å². The standard InChI is InChI=1S/C24H36O5/c1-5-15(3)24(27)29-21-11-14(2)10-17-7-6-16(4)20(23(17)21)9-8-19-12-18(25)13-22(26)28-19/h6-7,10,14-16,18-21,23,25H,5,8-9,11-13H2,1-4H3/t14-,15-,16-,18+,19?,20-,21?,23-/m0/s1/i3D3,6D,7D,10D,11D2,14D,15D,16D. The number of allylic oxidation sites excluding steroid dienone is 3. The van der Waals surface area contributed by atoms with E-state index in [1.807, 2.05) is 0 Å². The molecule has 3 rings (SSSR count). The Morgan fingerprint density at radius 3 is 3.03 bits per heavy atom. The van der Waals surface area contributed by atoms with Gasteiger partial charge in [0.25, 0.3) is 0 Å². The first-order chi connectivity index (χ1) is 18.1. The molecule has 0 radical (unpaired) electrons.